The van der Waals surface area contributed by atoms with Gasteiger partial charge in [0.1, 0.15) is 0 Å². The van der Waals surface area contributed by atoms with Crippen LogP contribution in [-0.2, 0) is 32.3 Å². The highest BCUT2D eigenvalue weighted by Crippen LogP contribution is 2.25. The van der Waals surface area contributed by atoms with E-state index in [9.17, 15) is 19.2 Å². The van der Waals surface area contributed by atoms with E-state index in [1.807, 2.05) is 48.5 Å². The molecule has 0 radical (unpaired) electrons. The minimum Gasteiger partial charge on any atom is -0.392 e. The van der Waals surface area contributed by atoms with Crippen molar-refractivity contribution in [3.8, 4) is 11.8 Å². The molecule has 42 heavy (non-hydrogen) atoms. The molecule has 4 rings (SSSR count). The van der Waals surface area contributed by atoms with Gasteiger partial charge in [-0.1, -0.05) is 54.3 Å². The van der Waals surface area contributed by atoms with Gasteiger partial charge in [-0.25, -0.2) is 0 Å². The number of rotatable bonds is 12. The van der Waals surface area contributed by atoms with Crippen LogP contribution in [-0.4, -0.2) is 41.8 Å². The fourth-order valence-electron chi connectivity index (χ4n) is 4.48. The summed E-state index contributed by atoms with van der Waals surface area (Å²) in [5.74, 6) is 5.46. The number of benzene rings is 3. The predicted octanol–water partition coefficient (Wildman–Crippen LogP) is 3.25. The van der Waals surface area contributed by atoms with Gasteiger partial charge in [0, 0.05) is 42.6 Å². The van der Waals surface area contributed by atoms with E-state index in [2.05, 4.69) is 27.8 Å². The van der Waals surface area contributed by atoms with Crippen LogP contribution in [0.1, 0.15) is 54.4 Å². The van der Waals surface area contributed by atoms with E-state index in [0.717, 1.165) is 27.9 Å². The van der Waals surface area contributed by atoms with Gasteiger partial charge in [-0.15, -0.1) is 0 Å². The van der Waals surface area contributed by atoms with Crippen molar-refractivity contribution in [3.05, 3.63) is 95.1 Å². The molecule has 0 saturated heterocycles. The van der Waals surface area contributed by atoms with Gasteiger partial charge < -0.3 is 26.0 Å². The number of fused-ring (bicyclic) bond motifs is 2. The molecule has 4 N–H and O–H groups in total. The number of carbonyl (C=O) groups excluding carboxylic acids is 4. The molecule has 0 fully saturated rings. The number of aliphatic hydroxyl groups is 1. The molecule has 0 saturated carbocycles. The van der Waals surface area contributed by atoms with Crippen LogP contribution in [0.3, 0.4) is 0 Å². The summed E-state index contributed by atoms with van der Waals surface area (Å²) >= 11 is 0. The van der Waals surface area contributed by atoms with Crippen molar-refractivity contribution >= 4 is 35.0 Å². The fraction of sp³-hybridized carbons (Fsp3) is 0.273. The lowest BCUT2D eigenvalue weighted by Gasteiger charge is -2.26. The largest absolute Gasteiger partial charge is 0.392 e. The molecule has 1 aliphatic heterocycles. The van der Waals surface area contributed by atoms with Crippen molar-refractivity contribution in [2.45, 2.75) is 45.3 Å². The lowest BCUT2D eigenvalue weighted by Crippen LogP contribution is -2.35. The van der Waals surface area contributed by atoms with Gasteiger partial charge >= 0.3 is 0 Å². The van der Waals surface area contributed by atoms with Crippen LogP contribution < -0.4 is 20.9 Å². The Morgan fingerprint density at radius 3 is 2.12 bits per heavy atom. The van der Waals surface area contributed by atoms with E-state index in [-0.39, 0.29) is 62.6 Å². The molecule has 0 bridgehead atoms. The number of nitrogens with zero attached hydrogens (tertiary/aromatic N) is 1. The highest BCUT2D eigenvalue weighted by atomic mass is 16.3. The number of anilines is 2. The Hall–Kier alpha value is -4.94. The molecule has 0 spiro atoms. The second-order valence-corrected chi connectivity index (χ2v) is 9.89. The summed E-state index contributed by atoms with van der Waals surface area (Å²) in [5.41, 5.74) is 4.70. The Bertz CT molecular complexity index is 1490. The first kappa shape index (κ1) is 30.0. The van der Waals surface area contributed by atoms with Crippen LogP contribution >= 0.6 is 0 Å². The van der Waals surface area contributed by atoms with Gasteiger partial charge in [0.05, 0.1) is 25.4 Å². The van der Waals surface area contributed by atoms with Crippen molar-refractivity contribution < 1.29 is 24.3 Å². The quantitative estimate of drug-likeness (QED) is 0.198. The van der Waals surface area contributed by atoms with Gasteiger partial charge in [0.2, 0.25) is 23.6 Å². The summed E-state index contributed by atoms with van der Waals surface area (Å²) in [7, 11) is 0. The van der Waals surface area contributed by atoms with Crippen molar-refractivity contribution in [1.29, 1.82) is 0 Å². The maximum atomic E-state index is 13.2. The summed E-state index contributed by atoms with van der Waals surface area (Å²) in [5, 5.41) is 17.1. The number of hydrogen-bond donors (Lipinski definition) is 4. The third-order valence-electron chi connectivity index (χ3n) is 6.76. The summed E-state index contributed by atoms with van der Waals surface area (Å²) in [4.78, 5) is 51.4. The molecule has 1 heterocycles. The van der Waals surface area contributed by atoms with Gasteiger partial charge in [0.15, 0.2) is 0 Å². The number of hydrogen-bond acceptors (Lipinski definition) is 5. The summed E-state index contributed by atoms with van der Waals surface area (Å²) in [6.45, 7) is 0.374. The van der Waals surface area contributed by atoms with E-state index in [0.29, 0.717) is 25.1 Å². The Morgan fingerprint density at radius 2 is 1.38 bits per heavy atom. The summed E-state index contributed by atoms with van der Waals surface area (Å²) in [6.07, 6.45) is 1.58. The zero-order chi connectivity index (χ0) is 29.7. The monoisotopic (exact) mass is 566 g/mol. The first-order chi connectivity index (χ1) is 20.4. The third kappa shape index (κ3) is 8.78. The minimum atomic E-state index is -0.356. The molecule has 216 valence electrons. The molecule has 3 aromatic rings. The van der Waals surface area contributed by atoms with Gasteiger partial charge in [-0.3, -0.25) is 19.2 Å². The molecular weight excluding hydrogens is 532 g/mol. The van der Waals surface area contributed by atoms with Gasteiger partial charge in [0.25, 0.3) is 0 Å². The smallest absolute Gasteiger partial charge is 0.243 e. The number of unbranched alkanes of at least 4 members (excludes halogenated alkanes) is 1. The van der Waals surface area contributed by atoms with Gasteiger partial charge in [-0.05, 0) is 54.3 Å². The van der Waals surface area contributed by atoms with Crippen molar-refractivity contribution in [2.75, 3.05) is 23.3 Å². The molecular formula is C33H34N4O5. The Morgan fingerprint density at radius 1 is 0.738 bits per heavy atom. The molecule has 0 unspecified atom stereocenters. The summed E-state index contributed by atoms with van der Waals surface area (Å²) in [6, 6.07) is 22.1. The SMILES string of the molecule is O=C(CCCCC(=O)NCC(=O)Nc1ccc(CO)cc1)NCCC(=O)N1Cc2ccccc2C#Cc2ccccc21. The lowest BCUT2D eigenvalue weighted by molar-refractivity contribution is -0.124. The van der Waals surface area contributed by atoms with Crippen LogP contribution in [0.2, 0.25) is 0 Å². The van der Waals surface area contributed by atoms with E-state index in [1.54, 1.807) is 29.2 Å². The molecule has 4 amide bonds. The standard InChI is InChI=1S/C33H34N4O5/c38-23-24-13-17-28(18-14-24)36-32(41)21-35-31(40)12-6-5-11-30(39)34-20-19-33(42)37-22-27-9-2-1-7-25(27)15-16-26-8-3-4-10-29(26)37/h1-4,7-10,13-14,17-18,38H,5-6,11-12,19-23H2,(H,34,39)(H,35,40)(H,36,41). The molecule has 0 aliphatic carbocycles. The van der Waals surface area contributed by atoms with Gasteiger partial charge in [-0.2, -0.15) is 0 Å². The first-order valence-corrected chi connectivity index (χ1v) is 14.0. The molecule has 9 nitrogen and oxygen atoms in total. The number of amides is 4. The van der Waals surface area contributed by atoms with Crippen molar-refractivity contribution in [1.82, 2.24) is 10.6 Å². The van der Waals surface area contributed by atoms with Crippen LogP contribution in [0.15, 0.2) is 72.8 Å². The first-order valence-electron chi connectivity index (χ1n) is 14.0. The molecule has 3 aromatic carbocycles. The average molecular weight is 567 g/mol. The minimum absolute atomic E-state index is 0.0774. The molecule has 0 atom stereocenters. The fourth-order valence-corrected chi connectivity index (χ4v) is 4.48. The highest BCUT2D eigenvalue weighted by molar-refractivity contribution is 5.96. The number of nitrogens with one attached hydrogen (secondary N) is 3. The third-order valence-corrected chi connectivity index (χ3v) is 6.76. The van der Waals surface area contributed by atoms with E-state index >= 15 is 0 Å². The Balaban J connectivity index is 1.14. The number of para-hydroxylation sites is 1. The molecule has 9 heteroatoms. The normalized spacial score (nSPS) is 11.5. The second kappa shape index (κ2) is 15.2. The lowest BCUT2D eigenvalue weighted by atomic mass is 10.0. The topological polar surface area (TPSA) is 128 Å². The van der Waals surface area contributed by atoms with Crippen LogP contribution in [0.25, 0.3) is 0 Å². The van der Waals surface area contributed by atoms with Crippen molar-refractivity contribution in [2.24, 2.45) is 0 Å². The molecule has 0 aromatic heterocycles. The number of aliphatic hydroxyl groups excluding tert-OH is 1. The van der Waals surface area contributed by atoms with E-state index < -0.39 is 0 Å². The highest BCUT2D eigenvalue weighted by Gasteiger charge is 2.21. The van der Waals surface area contributed by atoms with E-state index in [1.165, 1.54) is 0 Å². The Labute approximate surface area is 245 Å². The zero-order valence-electron chi connectivity index (χ0n) is 23.3. The van der Waals surface area contributed by atoms with Crippen molar-refractivity contribution in [3.63, 3.8) is 0 Å². The molecule has 1 aliphatic rings. The number of carbonyl (C=O) groups is 4. The predicted molar refractivity (Wildman–Crippen MR) is 160 cm³/mol. The van der Waals surface area contributed by atoms with Crippen LogP contribution in [0.5, 0.6) is 0 Å². The second-order valence-electron chi connectivity index (χ2n) is 9.89. The van der Waals surface area contributed by atoms with Crippen LogP contribution in [0, 0.1) is 11.8 Å². The maximum Gasteiger partial charge on any atom is 0.243 e. The summed E-state index contributed by atoms with van der Waals surface area (Å²) < 4.78 is 0. The average Bonchev–Trinajstić information content (AvgIpc) is 2.99. The zero-order valence-corrected chi connectivity index (χ0v) is 23.3. The van der Waals surface area contributed by atoms with E-state index in [4.69, 9.17) is 5.11 Å². The van der Waals surface area contributed by atoms with Crippen LogP contribution in [0.4, 0.5) is 11.4 Å². The maximum absolute atomic E-state index is 13.2. The Kier molecular flexibility index (Phi) is 10.8.